The van der Waals surface area contributed by atoms with Gasteiger partial charge in [0.1, 0.15) is 0 Å². The smallest absolute Gasteiger partial charge is 0.315 e. The molecule has 1 aliphatic carbocycles. The Morgan fingerprint density at radius 1 is 1.21 bits per heavy atom. The molecule has 0 aromatic rings. The predicted molar refractivity (Wildman–Crippen MR) is 74.0 cm³/mol. The Labute approximate surface area is 115 Å². The van der Waals surface area contributed by atoms with Gasteiger partial charge in [0.2, 0.25) is 0 Å². The zero-order valence-electron chi connectivity index (χ0n) is 11.9. The van der Waals surface area contributed by atoms with Gasteiger partial charge in [-0.2, -0.15) is 0 Å². The summed E-state index contributed by atoms with van der Waals surface area (Å²) in [7, 11) is 0. The van der Waals surface area contributed by atoms with Gasteiger partial charge in [0.25, 0.3) is 0 Å². The van der Waals surface area contributed by atoms with Gasteiger partial charge in [0.05, 0.1) is 6.42 Å². The Morgan fingerprint density at radius 2 is 1.84 bits per heavy atom. The Morgan fingerprint density at radius 3 is 2.32 bits per heavy atom. The van der Waals surface area contributed by atoms with Gasteiger partial charge < -0.3 is 15.7 Å². The van der Waals surface area contributed by atoms with Crippen molar-refractivity contribution < 1.29 is 14.7 Å². The summed E-state index contributed by atoms with van der Waals surface area (Å²) in [4.78, 5) is 22.4. The second kappa shape index (κ2) is 8.02. The maximum Gasteiger partial charge on any atom is 0.315 e. The van der Waals surface area contributed by atoms with E-state index in [1.165, 1.54) is 19.3 Å². The number of urea groups is 1. The quantitative estimate of drug-likeness (QED) is 0.694. The van der Waals surface area contributed by atoms with Crippen molar-refractivity contribution in [3.8, 4) is 0 Å². The zero-order valence-corrected chi connectivity index (χ0v) is 11.9. The molecule has 0 saturated heterocycles. The molecule has 110 valence electrons. The van der Waals surface area contributed by atoms with E-state index in [2.05, 4.69) is 17.6 Å². The topological polar surface area (TPSA) is 78.4 Å². The van der Waals surface area contributed by atoms with Crippen LogP contribution in [0.2, 0.25) is 0 Å². The SMILES string of the molecule is CCC1CCC(NC(=O)NC(CC)CC(=O)O)CC1. The number of aliphatic carboxylic acids is 1. The molecule has 5 heteroatoms. The minimum absolute atomic E-state index is 0.0213. The third kappa shape index (κ3) is 5.94. The van der Waals surface area contributed by atoms with Crippen molar-refractivity contribution >= 4 is 12.0 Å². The molecule has 0 aromatic heterocycles. The van der Waals surface area contributed by atoms with E-state index in [1.54, 1.807) is 0 Å². The number of hydrogen-bond donors (Lipinski definition) is 3. The molecule has 1 fully saturated rings. The molecule has 3 N–H and O–H groups in total. The lowest BCUT2D eigenvalue weighted by atomic mass is 9.85. The first kappa shape index (κ1) is 15.8. The van der Waals surface area contributed by atoms with Gasteiger partial charge in [-0.05, 0) is 38.0 Å². The van der Waals surface area contributed by atoms with Crippen LogP contribution in [0.25, 0.3) is 0 Å². The standard InChI is InChI=1S/C14H26N2O3/c1-3-10-5-7-12(8-6-10)16-14(19)15-11(4-2)9-13(17)18/h10-12H,3-9H2,1-2H3,(H,17,18)(H2,15,16,19). The highest BCUT2D eigenvalue weighted by molar-refractivity contribution is 5.76. The second-order valence-corrected chi connectivity index (χ2v) is 5.45. The summed E-state index contributed by atoms with van der Waals surface area (Å²) in [5.41, 5.74) is 0. The van der Waals surface area contributed by atoms with Gasteiger partial charge >= 0.3 is 12.0 Å². The van der Waals surface area contributed by atoms with Crippen LogP contribution in [0.15, 0.2) is 0 Å². The summed E-state index contributed by atoms with van der Waals surface area (Å²) in [6, 6.07) is -0.275. The van der Waals surface area contributed by atoms with Crippen LogP contribution in [0.5, 0.6) is 0 Å². The van der Waals surface area contributed by atoms with Crippen molar-refractivity contribution in [2.24, 2.45) is 5.92 Å². The van der Waals surface area contributed by atoms with Crippen LogP contribution in [-0.4, -0.2) is 29.2 Å². The minimum Gasteiger partial charge on any atom is -0.481 e. The average Bonchev–Trinajstić information content (AvgIpc) is 2.38. The third-order valence-electron chi connectivity index (χ3n) is 4.01. The Bertz CT molecular complexity index is 299. The van der Waals surface area contributed by atoms with E-state index in [9.17, 15) is 9.59 Å². The molecule has 0 heterocycles. The number of amides is 2. The maximum absolute atomic E-state index is 11.8. The summed E-state index contributed by atoms with van der Waals surface area (Å²) in [6.07, 6.45) is 6.23. The highest BCUT2D eigenvalue weighted by Crippen LogP contribution is 2.26. The van der Waals surface area contributed by atoms with Crippen LogP contribution in [0.4, 0.5) is 4.79 Å². The van der Waals surface area contributed by atoms with Crippen LogP contribution in [-0.2, 0) is 4.79 Å². The van der Waals surface area contributed by atoms with E-state index in [0.717, 1.165) is 18.8 Å². The monoisotopic (exact) mass is 270 g/mol. The summed E-state index contributed by atoms with van der Waals surface area (Å²) < 4.78 is 0. The molecule has 1 rings (SSSR count). The summed E-state index contributed by atoms with van der Waals surface area (Å²) in [6.45, 7) is 4.09. The van der Waals surface area contributed by atoms with E-state index in [-0.39, 0.29) is 24.5 Å². The van der Waals surface area contributed by atoms with Crippen LogP contribution in [0.3, 0.4) is 0 Å². The lowest BCUT2D eigenvalue weighted by molar-refractivity contribution is -0.137. The Hall–Kier alpha value is -1.26. The second-order valence-electron chi connectivity index (χ2n) is 5.45. The highest BCUT2D eigenvalue weighted by atomic mass is 16.4. The summed E-state index contributed by atoms with van der Waals surface area (Å²) in [5, 5.41) is 14.4. The van der Waals surface area contributed by atoms with Gasteiger partial charge in [0.15, 0.2) is 0 Å². The number of carbonyl (C=O) groups excluding carboxylic acids is 1. The number of nitrogens with one attached hydrogen (secondary N) is 2. The van der Waals surface area contributed by atoms with Crippen LogP contribution in [0.1, 0.15) is 58.8 Å². The van der Waals surface area contributed by atoms with Gasteiger partial charge in [0, 0.05) is 12.1 Å². The van der Waals surface area contributed by atoms with Crippen LogP contribution >= 0.6 is 0 Å². The first-order valence-corrected chi connectivity index (χ1v) is 7.33. The Balaban J connectivity index is 2.28. The number of rotatable bonds is 6. The molecule has 2 amide bonds. The molecule has 0 spiro atoms. The molecular formula is C14H26N2O3. The van der Waals surface area contributed by atoms with Gasteiger partial charge in [-0.3, -0.25) is 4.79 Å². The van der Waals surface area contributed by atoms with Crippen LogP contribution < -0.4 is 10.6 Å². The zero-order chi connectivity index (χ0) is 14.3. The largest absolute Gasteiger partial charge is 0.481 e. The summed E-state index contributed by atoms with van der Waals surface area (Å²) >= 11 is 0. The lowest BCUT2D eigenvalue weighted by Crippen LogP contribution is -2.47. The molecule has 1 aliphatic rings. The minimum atomic E-state index is -0.879. The van der Waals surface area contributed by atoms with E-state index < -0.39 is 5.97 Å². The molecule has 0 radical (unpaired) electrons. The fourth-order valence-corrected chi connectivity index (χ4v) is 2.64. The fourth-order valence-electron chi connectivity index (χ4n) is 2.64. The highest BCUT2D eigenvalue weighted by Gasteiger charge is 2.22. The number of carboxylic acids is 1. The average molecular weight is 270 g/mol. The molecule has 19 heavy (non-hydrogen) atoms. The van der Waals surface area contributed by atoms with Gasteiger partial charge in [-0.25, -0.2) is 4.79 Å². The van der Waals surface area contributed by atoms with Crippen molar-refractivity contribution in [2.75, 3.05) is 0 Å². The molecule has 0 aliphatic heterocycles. The van der Waals surface area contributed by atoms with Crippen molar-refractivity contribution in [3.63, 3.8) is 0 Å². The van der Waals surface area contributed by atoms with E-state index >= 15 is 0 Å². The molecule has 1 atom stereocenters. The Kier molecular flexibility index (Phi) is 6.67. The molecule has 0 aromatic carbocycles. The number of carbonyl (C=O) groups is 2. The van der Waals surface area contributed by atoms with Crippen molar-refractivity contribution in [1.82, 2.24) is 10.6 Å². The lowest BCUT2D eigenvalue weighted by Gasteiger charge is -2.29. The summed E-state index contributed by atoms with van der Waals surface area (Å²) in [5.74, 6) is -0.0767. The van der Waals surface area contributed by atoms with Crippen molar-refractivity contribution in [3.05, 3.63) is 0 Å². The fraction of sp³-hybridized carbons (Fsp3) is 0.857. The van der Waals surface area contributed by atoms with E-state index in [0.29, 0.717) is 6.42 Å². The molecule has 5 nitrogen and oxygen atoms in total. The molecule has 1 saturated carbocycles. The van der Waals surface area contributed by atoms with Crippen molar-refractivity contribution in [1.29, 1.82) is 0 Å². The maximum atomic E-state index is 11.8. The molecule has 0 bridgehead atoms. The van der Waals surface area contributed by atoms with Crippen LogP contribution in [0, 0.1) is 5.92 Å². The van der Waals surface area contributed by atoms with E-state index in [4.69, 9.17) is 5.11 Å². The van der Waals surface area contributed by atoms with Crippen molar-refractivity contribution in [2.45, 2.75) is 70.9 Å². The van der Waals surface area contributed by atoms with Gasteiger partial charge in [-0.15, -0.1) is 0 Å². The predicted octanol–water partition coefficient (Wildman–Crippen LogP) is 2.51. The number of hydrogen-bond acceptors (Lipinski definition) is 2. The molecular weight excluding hydrogens is 244 g/mol. The van der Waals surface area contributed by atoms with E-state index in [1.807, 2.05) is 6.92 Å². The van der Waals surface area contributed by atoms with Gasteiger partial charge in [-0.1, -0.05) is 20.3 Å². The first-order valence-electron chi connectivity index (χ1n) is 7.33. The number of carboxylic acid groups (broad SMARTS) is 1. The third-order valence-corrected chi connectivity index (χ3v) is 4.01. The first-order chi connectivity index (χ1) is 9.05. The normalized spacial score (nSPS) is 24.5. The molecule has 1 unspecified atom stereocenters.